The number of methoxy groups -OCH3 is 2. The molecule has 0 saturated heterocycles. The summed E-state index contributed by atoms with van der Waals surface area (Å²) in [6.45, 7) is 0. The van der Waals surface area contributed by atoms with Gasteiger partial charge in [0.05, 0.1) is 25.3 Å². The first-order valence-electron chi connectivity index (χ1n) is 18.5. The Hall–Kier alpha value is -7.40. The molecule has 0 spiro atoms. The molecule has 3 aliphatic rings. The van der Waals surface area contributed by atoms with Crippen LogP contribution in [-0.2, 0) is 9.47 Å². The van der Waals surface area contributed by atoms with E-state index < -0.39 is 0 Å². The molecule has 4 nitrogen and oxygen atoms in total. The van der Waals surface area contributed by atoms with Crippen molar-refractivity contribution in [3.63, 3.8) is 0 Å². The fourth-order valence-corrected chi connectivity index (χ4v) is 8.21. The number of hydrogen-bond acceptors (Lipinski definition) is 4. The van der Waals surface area contributed by atoms with Crippen LogP contribution in [0.3, 0.4) is 0 Å². The van der Waals surface area contributed by atoms with Gasteiger partial charge in [-0.15, -0.1) is 0 Å². The summed E-state index contributed by atoms with van der Waals surface area (Å²) in [5.74, 6) is 13.3. The fourth-order valence-electron chi connectivity index (χ4n) is 8.21. The Morgan fingerprint density at radius 2 is 0.750 bits per heavy atom. The Morgan fingerprint density at radius 3 is 1.11 bits per heavy atom. The van der Waals surface area contributed by atoms with Crippen molar-refractivity contribution in [1.82, 2.24) is 0 Å². The lowest BCUT2D eigenvalue weighted by Gasteiger charge is -2.42. The van der Waals surface area contributed by atoms with Crippen LogP contribution in [0.25, 0.3) is 22.3 Å². The molecule has 0 aromatic heterocycles. The number of ether oxygens (including phenoxy) is 2. The molecule has 0 aliphatic heterocycles. The van der Waals surface area contributed by atoms with Gasteiger partial charge in [-0.2, -0.15) is 0 Å². The molecule has 0 fully saturated rings. The van der Waals surface area contributed by atoms with Crippen LogP contribution in [0.5, 0.6) is 0 Å². The van der Waals surface area contributed by atoms with Gasteiger partial charge in [-0.05, 0) is 104 Å². The van der Waals surface area contributed by atoms with E-state index in [9.17, 15) is 9.59 Å². The molecule has 0 unspecified atom stereocenters. The minimum Gasteiger partial charge on any atom is -0.465 e. The predicted octanol–water partition coefficient (Wildman–Crippen LogP) is 10.4. The molecule has 7 aromatic carbocycles. The van der Waals surface area contributed by atoms with Crippen LogP contribution in [0, 0.1) is 23.7 Å². The van der Waals surface area contributed by atoms with Gasteiger partial charge in [0.25, 0.3) is 0 Å². The first kappa shape index (κ1) is 34.4. The van der Waals surface area contributed by atoms with E-state index in [0.29, 0.717) is 11.1 Å². The van der Waals surface area contributed by atoms with Gasteiger partial charge in [0.2, 0.25) is 0 Å². The second-order valence-electron chi connectivity index (χ2n) is 13.9. The van der Waals surface area contributed by atoms with Gasteiger partial charge >= 0.3 is 11.9 Å². The molecule has 0 N–H and O–H groups in total. The molecule has 2 bridgehead atoms. The third-order valence-electron chi connectivity index (χ3n) is 10.8. The van der Waals surface area contributed by atoms with Gasteiger partial charge in [-0.3, -0.25) is 0 Å². The molecule has 7 aromatic rings. The highest BCUT2D eigenvalue weighted by Crippen LogP contribution is 2.56. The number of esters is 2. The summed E-state index contributed by atoms with van der Waals surface area (Å²) in [6, 6.07) is 52.8. The van der Waals surface area contributed by atoms with E-state index >= 15 is 0 Å². The summed E-state index contributed by atoms with van der Waals surface area (Å²) in [7, 11) is 2.79. The highest BCUT2D eigenvalue weighted by molar-refractivity contribution is 5.98. The Balaban J connectivity index is 1.12. The maximum atomic E-state index is 12.4. The quantitative estimate of drug-likeness (QED) is 0.134. The fraction of sp³-hybridized carbons (Fsp3) is 0.0769. The van der Waals surface area contributed by atoms with E-state index in [0.717, 1.165) is 44.5 Å². The lowest BCUT2D eigenvalue weighted by Crippen LogP contribution is -2.27. The van der Waals surface area contributed by atoms with Crippen molar-refractivity contribution in [3.05, 3.63) is 224 Å². The van der Waals surface area contributed by atoms with Gasteiger partial charge in [0, 0.05) is 34.1 Å². The minimum atomic E-state index is -0.371. The molecule has 3 aliphatic carbocycles. The molecular formula is C52H34O4. The Morgan fingerprint density at radius 1 is 0.411 bits per heavy atom. The maximum absolute atomic E-state index is 12.4. The molecule has 4 heteroatoms. The highest BCUT2D eigenvalue weighted by Gasteiger charge is 2.41. The Bertz CT molecular complexity index is 2580. The maximum Gasteiger partial charge on any atom is 0.338 e. The molecule has 0 radical (unpaired) electrons. The van der Waals surface area contributed by atoms with Crippen molar-refractivity contribution < 1.29 is 19.1 Å². The van der Waals surface area contributed by atoms with Gasteiger partial charge < -0.3 is 9.47 Å². The number of rotatable bonds is 4. The topological polar surface area (TPSA) is 52.6 Å². The summed E-state index contributed by atoms with van der Waals surface area (Å²) in [5, 5.41) is 0. The second-order valence-corrected chi connectivity index (χ2v) is 13.9. The van der Waals surface area contributed by atoms with Crippen molar-refractivity contribution in [2.24, 2.45) is 0 Å². The van der Waals surface area contributed by atoms with E-state index in [1.54, 1.807) is 12.1 Å². The van der Waals surface area contributed by atoms with Crippen molar-refractivity contribution in [2.75, 3.05) is 14.2 Å². The Kier molecular flexibility index (Phi) is 8.86. The third kappa shape index (κ3) is 6.05. The van der Waals surface area contributed by atoms with Crippen molar-refractivity contribution >= 4 is 11.9 Å². The standard InChI is InChI=1S/C52H34O4/c1-55-51(53)45-17-9-3-11-39(45)35-25-19-33(20-26-35)23-29-37-31-47-48(50-43-15-7-5-13-41(43)49(47)42-14-6-8-16-44(42)50)32-38(37)30-24-34-21-27-36(28-22-34)40-12-4-10-18-46(40)52(54)56-2/h3-22,25-28,31-32,49-50H,1-2H3. The van der Waals surface area contributed by atoms with E-state index in [2.05, 4.69) is 84.3 Å². The summed E-state index contributed by atoms with van der Waals surface area (Å²) in [5.41, 5.74) is 15.8. The predicted molar refractivity (Wildman–Crippen MR) is 220 cm³/mol. The van der Waals surface area contributed by atoms with Gasteiger partial charge in [0.15, 0.2) is 0 Å². The number of carbonyl (C=O) groups excluding carboxylic acids is 2. The van der Waals surface area contributed by atoms with Gasteiger partial charge in [-0.1, -0.05) is 133 Å². The van der Waals surface area contributed by atoms with E-state index in [1.165, 1.54) is 47.6 Å². The molecule has 0 heterocycles. The van der Waals surface area contributed by atoms with Gasteiger partial charge in [-0.25, -0.2) is 9.59 Å². The monoisotopic (exact) mass is 722 g/mol. The van der Waals surface area contributed by atoms with Crippen LogP contribution in [0.2, 0.25) is 0 Å². The first-order valence-corrected chi connectivity index (χ1v) is 18.5. The zero-order valence-corrected chi connectivity index (χ0v) is 30.8. The van der Waals surface area contributed by atoms with Crippen LogP contribution >= 0.6 is 0 Å². The summed E-state index contributed by atoms with van der Waals surface area (Å²) >= 11 is 0. The smallest absolute Gasteiger partial charge is 0.338 e. The normalized spacial score (nSPS) is 14.1. The number of benzene rings is 7. The van der Waals surface area contributed by atoms with Crippen molar-refractivity contribution in [3.8, 4) is 45.9 Å². The molecule has 0 saturated carbocycles. The summed E-state index contributed by atoms with van der Waals surface area (Å²) in [4.78, 5) is 24.9. The first-order chi connectivity index (χ1) is 27.5. The second kappa shape index (κ2) is 14.4. The third-order valence-corrected chi connectivity index (χ3v) is 10.8. The number of hydrogen-bond donors (Lipinski definition) is 0. The molecule has 10 rings (SSSR count). The summed E-state index contributed by atoms with van der Waals surface area (Å²) < 4.78 is 10.0. The lowest BCUT2D eigenvalue weighted by molar-refractivity contribution is 0.0592. The average molecular weight is 723 g/mol. The molecule has 0 amide bonds. The highest BCUT2D eigenvalue weighted by atomic mass is 16.5. The zero-order chi connectivity index (χ0) is 38.2. The molecular weight excluding hydrogens is 689 g/mol. The van der Waals surface area contributed by atoms with Crippen LogP contribution in [0.15, 0.2) is 158 Å². The Labute approximate surface area is 326 Å². The van der Waals surface area contributed by atoms with Crippen LogP contribution < -0.4 is 0 Å². The minimum absolute atomic E-state index is 0.111. The van der Waals surface area contributed by atoms with E-state index in [-0.39, 0.29) is 23.8 Å². The molecule has 0 atom stereocenters. The SMILES string of the molecule is COC(=O)c1ccccc1-c1ccc(C#Cc2cc3c(cc2C#Cc2ccc(-c4ccccc4C(=O)OC)cc2)C2c4ccccc4C3c3ccccc32)cc1. The van der Waals surface area contributed by atoms with Gasteiger partial charge in [0.1, 0.15) is 0 Å². The van der Waals surface area contributed by atoms with Crippen molar-refractivity contribution in [2.45, 2.75) is 11.8 Å². The summed E-state index contributed by atoms with van der Waals surface area (Å²) in [6.07, 6.45) is 0. The lowest BCUT2D eigenvalue weighted by atomic mass is 9.60. The van der Waals surface area contributed by atoms with E-state index in [4.69, 9.17) is 9.47 Å². The van der Waals surface area contributed by atoms with E-state index in [1.807, 2.05) is 84.9 Å². The van der Waals surface area contributed by atoms with Crippen molar-refractivity contribution in [1.29, 1.82) is 0 Å². The molecule has 266 valence electrons. The number of carbonyl (C=O) groups is 2. The van der Waals surface area contributed by atoms with Crippen LogP contribution in [0.1, 0.15) is 88.2 Å². The van der Waals surface area contributed by atoms with Crippen LogP contribution in [0.4, 0.5) is 0 Å². The average Bonchev–Trinajstić information content (AvgIpc) is 3.27. The molecule has 56 heavy (non-hydrogen) atoms. The zero-order valence-electron chi connectivity index (χ0n) is 30.8. The largest absolute Gasteiger partial charge is 0.465 e. The van der Waals surface area contributed by atoms with Crippen LogP contribution in [-0.4, -0.2) is 26.2 Å².